The Morgan fingerprint density at radius 2 is 1.53 bits per heavy atom. The number of fused-ring (bicyclic) bond motifs is 1. The van der Waals surface area contributed by atoms with Crippen LogP contribution in [0.1, 0.15) is 47.4 Å². The first-order chi connectivity index (χ1) is 9.19. The molecule has 0 aliphatic heterocycles. The van der Waals surface area contributed by atoms with Crippen LogP contribution in [-0.2, 0) is 0 Å². The molecule has 0 radical (unpaired) electrons. The number of ketones is 2. The van der Waals surface area contributed by atoms with Crippen molar-refractivity contribution in [2.24, 2.45) is 0 Å². The molecule has 0 bridgehead atoms. The highest BCUT2D eigenvalue weighted by molar-refractivity contribution is 6.24. The van der Waals surface area contributed by atoms with Gasteiger partial charge in [-0.05, 0) is 12.8 Å². The summed E-state index contributed by atoms with van der Waals surface area (Å²) in [7, 11) is 0. The molecule has 0 heterocycles. The lowest BCUT2D eigenvalue weighted by Crippen LogP contribution is -2.32. The van der Waals surface area contributed by atoms with Gasteiger partial charge in [-0.2, -0.15) is 0 Å². The van der Waals surface area contributed by atoms with E-state index in [-0.39, 0.29) is 11.6 Å². The zero-order valence-electron chi connectivity index (χ0n) is 11.5. The second kappa shape index (κ2) is 5.83. The van der Waals surface area contributed by atoms with E-state index < -0.39 is 0 Å². The Morgan fingerprint density at radius 3 is 2.11 bits per heavy atom. The molecule has 2 rings (SSSR count). The summed E-state index contributed by atoms with van der Waals surface area (Å²) in [6.07, 6.45) is 3.41. The van der Waals surface area contributed by atoms with Crippen molar-refractivity contribution in [3.63, 3.8) is 0 Å². The SMILES string of the molecule is CCCN(CCC)C1=CC(=O)c2ccccc2C1=O. The topological polar surface area (TPSA) is 37.4 Å². The van der Waals surface area contributed by atoms with E-state index in [2.05, 4.69) is 13.8 Å². The van der Waals surface area contributed by atoms with Gasteiger partial charge in [0, 0.05) is 30.3 Å². The number of hydrogen-bond acceptors (Lipinski definition) is 3. The van der Waals surface area contributed by atoms with Crippen LogP contribution in [0.3, 0.4) is 0 Å². The maximum atomic E-state index is 12.5. The Kier molecular flexibility index (Phi) is 4.15. The van der Waals surface area contributed by atoms with Crippen molar-refractivity contribution >= 4 is 11.6 Å². The van der Waals surface area contributed by atoms with Crippen LogP contribution in [0.25, 0.3) is 0 Å². The first kappa shape index (κ1) is 13.5. The maximum absolute atomic E-state index is 12.5. The summed E-state index contributed by atoms with van der Waals surface area (Å²) in [5.74, 6) is -0.0977. The van der Waals surface area contributed by atoms with Crippen molar-refractivity contribution in [3.8, 4) is 0 Å². The molecule has 0 N–H and O–H groups in total. The molecule has 3 nitrogen and oxygen atoms in total. The average molecular weight is 257 g/mol. The Bertz CT molecular complexity index is 525. The number of carbonyl (C=O) groups excluding carboxylic acids is 2. The molecule has 0 fully saturated rings. The van der Waals surface area contributed by atoms with Gasteiger partial charge in [-0.25, -0.2) is 0 Å². The van der Waals surface area contributed by atoms with Crippen LogP contribution >= 0.6 is 0 Å². The van der Waals surface area contributed by atoms with Crippen molar-refractivity contribution in [2.75, 3.05) is 13.1 Å². The quantitative estimate of drug-likeness (QED) is 0.813. The van der Waals surface area contributed by atoms with Crippen molar-refractivity contribution in [2.45, 2.75) is 26.7 Å². The molecule has 0 amide bonds. The Hall–Kier alpha value is -1.90. The number of benzene rings is 1. The minimum absolute atomic E-state index is 0.0305. The van der Waals surface area contributed by atoms with Gasteiger partial charge >= 0.3 is 0 Å². The summed E-state index contributed by atoms with van der Waals surface area (Å²) in [6, 6.07) is 7.04. The van der Waals surface area contributed by atoms with E-state index >= 15 is 0 Å². The normalized spacial score (nSPS) is 14.1. The lowest BCUT2D eigenvalue weighted by atomic mass is 9.92. The van der Waals surface area contributed by atoms with Crippen LogP contribution in [0.2, 0.25) is 0 Å². The predicted molar refractivity (Wildman–Crippen MR) is 75.3 cm³/mol. The summed E-state index contributed by atoms with van der Waals surface area (Å²) in [4.78, 5) is 26.6. The van der Waals surface area contributed by atoms with Crippen LogP contribution in [0, 0.1) is 0 Å². The monoisotopic (exact) mass is 257 g/mol. The van der Waals surface area contributed by atoms with Crippen LogP contribution in [-0.4, -0.2) is 29.6 Å². The van der Waals surface area contributed by atoms with E-state index in [0.717, 1.165) is 25.9 Å². The fourth-order valence-electron chi connectivity index (χ4n) is 2.43. The van der Waals surface area contributed by atoms with E-state index in [1.54, 1.807) is 24.3 Å². The molecule has 0 saturated heterocycles. The summed E-state index contributed by atoms with van der Waals surface area (Å²) in [5, 5.41) is 0. The molecule has 0 saturated carbocycles. The van der Waals surface area contributed by atoms with Gasteiger partial charge in [0.25, 0.3) is 0 Å². The zero-order chi connectivity index (χ0) is 13.8. The van der Waals surface area contributed by atoms with Gasteiger partial charge in [0.05, 0.1) is 5.70 Å². The summed E-state index contributed by atoms with van der Waals surface area (Å²) in [6.45, 7) is 5.76. The molecule has 100 valence electrons. The molecule has 0 atom stereocenters. The highest BCUT2D eigenvalue weighted by Gasteiger charge is 2.27. The molecule has 0 aromatic heterocycles. The first-order valence-electron chi connectivity index (χ1n) is 6.83. The van der Waals surface area contributed by atoms with E-state index in [9.17, 15) is 9.59 Å². The number of Topliss-reactive ketones (excluding diaryl/α,β-unsaturated/α-hetero) is 1. The highest BCUT2D eigenvalue weighted by atomic mass is 16.1. The molecule has 1 aromatic rings. The summed E-state index contributed by atoms with van der Waals surface area (Å²) < 4.78 is 0. The number of hydrogen-bond donors (Lipinski definition) is 0. The van der Waals surface area contributed by atoms with Crippen LogP contribution in [0.15, 0.2) is 36.0 Å². The Labute approximate surface area is 113 Å². The smallest absolute Gasteiger partial charge is 0.209 e. The number of nitrogens with zero attached hydrogens (tertiary/aromatic N) is 1. The van der Waals surface area contributed by atoms with E-state index in [0.29, 0.717) is 16.8 Å². The van der Waals surface area contributed by atoms with Gasteiger partial charge < -0.3 is 4.90 Å². The number of rotatable bonds is 5. The zero-order valence-corrected chi connectivity index (χ0v) is 11.5. The minimum Gasteiger partial charge on any atom is -0.368 e. The van der Waals surface area contributed by atoms with Crippen molar-refractivity contribution in [1.29, 1.82) is 0 Å². The van der Waals surface area contributed by atoms with Gasteiger partial charge in [-0.15, -0.1) is 0 Å². The largest absolute Gasteiger partial charge is 0.368 e. The Balaban J connectivity index is 2.38. The second-order valence-electron chi connectivity index (χ2n) is 4.76. The minimum atomic E-state index is -0.0672. The lowest BCUT2D eigenvalue weighted by Gasteiger charge is -2.28. The molecule has 0 spiro atoms. The molecule has 1 aromatic carbocycles. The van der Waals surface area contributed by atoms with Crippen molar-refractivity contribution in [3.05, 3.63) is 47.2 Å². The fourth-order valence-corrected chi connectivity index (χ4v) is 2.43. The van der Waals surface area contributed by atoms with E-state index in [1.807, 2.05) is 4.90 Å². The highest BCUT2D eigenvalue weighted by Crippen LogP contribution is 2.23. The van der Waals surface area contributed by atoms with Gasteiger partial charge in [0.2, 0.25) is 5.78 Å². The predicted octanol–water partition coefficient (Wildman–Crippen LogP) is 3.07. The molecular weight excluding hydrogens is 238 g/mol. The van der Waals surface area contributed by atoms with Crippen LogP contribution in [0.4, 0.5) is 0 Å². The van der Waals surface area contributed by atoms with Gasteiger partial charge in [-0.1, -0.05) is 38.1 Å². The second-order valence-corrected chi connectivity index (χ2v) is 4.76. The molecule has 1 aliphatic rings. The molecule has 3 heteroatoms. The molecule has 0 unspecified atom stereocenters. The van der Waals surface area contributed by atoms with E-state index in [1.165, 1.54) is 6.08 Å². The van der Waals surface area contributed by atoms with Crippen molar-refractivity contribution in [1.82, 2.24) is 4.90 Å². The third-order valence-corrected chi connectivity index (χ3v) is 3.27. The van der Waals surface area contributed by atoms with Crippen molar-refractivity contribution < 1.29 is 9.59 Å². The number of carbonyl (C=O) groups is 2. The third kappa shape index (κ3) is 2.60. The van der Waals surface area contributed by atoms with Crippen LogP contribution < -0.4 is 0 Å². The van der Waals surface area contributed by atoms with Gasteiger partial charge in [0.1, 0.15) is 0 Å². The lowest BCUT2D eigenvalue weighted by molar-refractivity contribution is 0.0950. The third-order valence-electron chi connectivity index (χ3n) is 3.27. The Morgan fingerprint density at radius 1 is 0.947 bits per heavy atom. The average Bonchev–Trinajstić information content (AvgIpc) is 2.43. The van der Waals surface area contributed by atoms with Crippen LogP contribution in [0.5, 0.6) is 0 Å². The number of allylic oxidation sites excluding steroid dienone is 2. The summed E-state index contributed by atoms with van der Waals surface area (Å²) >= 11 is 0. The molecule has 19 heavy (non-hydrogen) atoms. The molecular formula is C16H19NO2. The summed E-state index contributed by atoms with van der Waals surface area (Å²) in [5.41, 5.74) is 1.60. The molecule has 1 aliphatic carbocycles. The standard InChI is InChI=1S/C16H19NO2/c1-3-9-17(10-4-2)14-11-15(18)12-7-5-6-8-13(12)16(14)19/h5-8,11H,3-4,9-10H2,1-2H3. The first-order valence-corrected chi connectivity index (χ1v) is 6.83. The van der Waals surface area contributed by atoms with Gasteiger partial charge in [-0.3, -0.25) is 9.59 Å². The van der Waals surface area contributed by atoms with E-state index in [4.69, 9.17) is 0 Å². The maximum Gasteiger partial charge on any atom is 0.209 e. The fraction of sp³-hybridized carbons (Fsp3) is 0.375. The van der Waals surface area contributed by atoms with Gasteiger partial charge in [0.15, 0.2) is 5.78 Å².